The van der Waals surface area contributed by atoms with E-state index in [2.05, 4.69) is 0 Å². The third kappa shape index (κ3) is 7.21. The molecule has 0 bridgehead atoms. The third-order valence-electron chi connectivity index (χ3n) is 4.64. The van der Waals surface area contributed by atoms with Gasteiger partial charge >= 0.3 is 7.60 Å². The molecule has 0 fully saturated rings. The van der Waals surface area contributed by atoms with Gasteiger partial charge in [-0.2, -0.15) is 0 Å². The van der Waals surface area contributed by atoms with Gasteiger partial charge < -0.3 is 19.6 Å². The summed E-state index contributed by atoms with van der Waals surface area (Å²) in [6.07, 6.45) is 6.74. The highest BCUT2D eigenvalue weighted by Gasteiger charge is 2.15. The Bertz CT molecular complexity index is 946. The van der Waals surface area contributed by atoms with Crippen LogP contribution in [0.25, 0.3) is 0 Å². The molecule has 0 amide bonds. The summed E-state index contributed by atoms with van der Waals surface area (Å²) in [5.41, 5.74) is 6.25. The first kappa shape index (κ1) is 23.0. The summed E-state index contributed by atoms with van der Waals surface area (Å²) in [4.78, 5) is 18.0. The Labute approximate surface area is 172 Å². The zero-order chi connectivity index (χ0) is 21.6. The summed E-state index contributed by atoms with van der Waals surface area (Å²) >= 11 is 0. The fraction of sp³-hybridized carbons (Fsp3) is 0.304. The predicted octanol–water partition coefficient (Wildman–Crippen LogP) is 5.18. The van der Waals surface area contributed by atoms with Gasteiger partial charge in [-0.25, -0.2) is 0 Å². The molecule has 6 heteroatoms. The number of hydrogen-bond donors (Lipinski definition) is 3. The van der Waals surface area contributed by atoms with Crippen molar-refractivity contribution in [2.45, 2.75) is 40.5 Å². The van der Waals surface area contributed by atoms with Crippen molar-refractivity contribution < 1.29 is 24.2 Å². The number of aromatic hydroxyl groups is 1. The molecule has 0 heterocycles. The highest BCUT2D eigenvalue weighted by Crippen LogP contribution is 2.35. The standard InChI is InChI=1S/C23H29O5P/c1-5-6-7-16(2)10-20-13-19(8-9-23(20)24)14-22-17(3)11-21(12-18(22)4)28-15-29(25,26)27/h5-9,11-13,24H,10,14-15H2,1-4H3,(H2,25,26,27)/b6-5-,16-7+. The molecule has 0 aliphatic rings. The lowest BCUT2D eigenvalue weighted by Crippen LogP contribution is -2.02. The van der Waals surface area contributed by atoms with E-state index in [0.29, 0.717) is 18.6 Å². The largest absolute Gasteiger partial charge is 0.508 e. The van der Waals surface area contributed by atoms with Gasteiger partial charge in [0.15, 0.2) is 6.35 Å². The minimum Gasteiger partial charge on any atom is -0.508 e. The zero-order valence-corrected chi connectivity index (χ0v) is 18.2. The molecule has 2 rings (SSSR count). The average molecular weight is 416 g/mol. The van der Waals surface area contributed by atoms with Crippen LogP contribution >= 0.6 is 7.60 Å². The Kier molecular flexibility index (Phi) is 7.86. The Hall–Kier alpha value is -2.33. The summed E-state index contributed by atoms with van der Waals surface area (Å²) in [7, 11) is -4.21. The molecule has 5 nitrogen and oxygen atoms in total. The quantitative estimate of drug-likeness (QED) is 0.408. The molecule has 0 aliphatic carbocycles. The molecule has 0 saturated carbocycles. The van der Waals surface area contributed by atoms with E-state index in [1.165, 1.54) is 0 Å². The maximum atomic E-state index is 11.0. The van der Waals surface area contributed by atoms with Crippen LogP contribution in [0.1, 0.15) is 41.7 Å². The molecular weight excluding hydrogens is 387 g/mol. The molecule has 0 aromatic heterocycles. The molecule has 2 aromatic carbocycles. The van der Waals surface area contributed by atoms with E-state index in [1.54, 1.807) is 18.2 Å². The van der Waals surface area contributed by atoms with Crippen molar-refractivity contribution in [2.75, 3.05) is 6.35 Å². The zero-order valence-electron chi connectivity index (χ0n) is 17.3. The Balaban J connectivity index is 2.23. The lowest BCUT2D eigenvalue weighted by molar-refractivity contribution is 0.300. The number of ether oxygens (including phenoxy) is 1. The maximum absolute atomic E-state index is 11.0. The lowest BCUT2D eigenvalue weighted by Gasteiger charge is -2.15. The van der Waals surface area contributed by atoms with E-state index in [1.807, 2.05) is 58.1 Å². The van der Waals surface area contributed by atoms with Crippen molar-refractivity contribution >= 4 is 7.60 Å². The average Bonchev–Trinajstić information content (AvgIpc) is 2.63. The van der Waals surface area contributed by atoms with Crippen molar-refractivity contribution in [1.29, 1.82) is 0 Å². The fourth-order valence-electron chi connectivity index (χ4n) is 3.19. The molecule has 2 aromatic rings. The van der Waals surface area contributed by atoms with E-state index in [9.17, 15) is 9.67 Å². The number of phenolic OH excluding ortho intramolecular Hbond substituents is 1. The van der Waals surface area contributed by atoms with E-state index in [-0.39, 0.29) is 5.75 Å². The van der Waals surface area contributed by atoms with Crippen LogP contribution in [0.5, 0.6) is 11.5 Å². The first-order valence-corrected chi connectivity index (χ1v) is 11.3. The van der Waals surface area contributed by atoms with Gasteiger partial charge in [-0.3, -0.25) is 4.57 Å². The van der Waals surface area contributed by atoms with Crippen molar-refractivity contribution in [2.24, 2.45) is 0 Å². The maximum Gasteiger partial charge on any atom is 0.362 e. The normalized spacial score (nSPS) is 12.6. The van der Waals surface area contributed by atoms with Crippen LogP contribution in [-0.4, -0.2) is 21.2 Å². The second kappa shape index (κ2) is 9.93. The SMILES string of the molecule is C/C=C\C=C(/C)Cc1cc(Cc2c(C)cc(OCP(=O)(O)O)cc2C)ccc1O. The van der Waals surface area contributed by atoms with Gasteiger partial charge in [-0.05, 0) is 86.6 Å². The Morgan fingerprint density at radius 2 is 1.79 bits per heavy atom. The Morgan fingerprint density at radius 3 is 2.38 bits per heavy atom. The van der Waals surface area contributed by atoms with Crippen LogP contribution in [0.4, 0.5) is 0 Å². The van der Waals surface area contributed by atoms with Gasteiger partial charge in [0.05, 0.1) is 0 Å². The highest BCUT2D eigenvalue weighted by molar-refractivity contribution is 7.51. The number of hydrogen-bond acceptors (Lipinski definition) is 3. The summed E-state index contributed by atoms with van der Waals surface area (Å²) in [6.45, 7) is 7.92. The van der Waals surface area contributed by atoms with Crippen molar-refractivity contribution in [3.63, 3.8) is 0 Å². The molecule has 156 valence electrons. The van der Waals surface area contributed by atoms with Crippen molar-refractivity contribution in [3.05, 3.63) is 82.0 Å². The van der Waals surface area contributed by atoms with Crippen LogP contribution < -0.4 is 4.74 Å². The van der Waals surface area contributed by atoms with Gasteiger partial charge in [0.25, 0.3) is 0 Å². The molecule has 0 radical (unpaired) electrons. The topological polar surface area (TPSA) is 87.0 Å². The van der Waals surface area contributed by atoms with Gasteiger partial charge in [0, 0.05) is 0 Å². The molecule has 0 aliphatic heterocycles. The minimum atomic E-state index is -4.21. The second-order valence-corrected chi connectivity index (χ2v) is 8.92. The monoisotopic (exact) mass is 416 g/mol. The van der Waals surface area contributed by atoms with E-state index < -0.39 is 13.9 Å². The first-order chi connectivity index (χ1) is 13.6. The summed E-state index contributed by atoms with van der Waals surface area (Å²) in [6, 6.07) is 9.27. The van der Waals surface area contributed by atoms with Gasteiger partial charge in [0.2, 0.25) is 0 Å². The summed E-state index contributed by atoms with van der Waals surface area (Å²) < 4.78 is 16.3. The minimum absolute atomic E-state index is 0.289. The van der Waals surface area contributed by atoms with Gasteiger partial charge in [-0.1, -0.05) is 35.9 Å². The van der Waals surface area contributed by atoms with Crippen LogP contribution in [-0.2, 0) is 17.4 Å². The second-order valence-electron chi connectivity index (χ2n) is 7.33. The summed E-state index contributed by atoms with van der Waals surface area (Å²) in [5, 5.41) is 10.2. The molecule has 29 heavy (non-hydrogen) atoms. The van der Waals surface area contributed by atoms with E-state index in [4.69, 9.17) is 14.5 Å². The van der Waals surface area contributed by atoms with Crippen molar-refractivity contribution in [1.82, 2.24) is 0 Å². The van der Waals surface area contributed by atoms with Crippen molar-refractivity contribution in [3.8, 4) is 11.5 Å². The van der Waals surface area contributed by atoms with E-state index >= 15 is 0 Å². The summed E-state index contributed by atoms with van der Waals surface area (Å²) in [5.74, 6) is 0.736. The molecule has 0 saturated heterocycles. The highest BCUT2D eigenvalue weighted by atomic mass is 31.2. The number of benzene rings is 2. The number of allylic oxidation sites excluding steroid dienone is 4. The number of rotatable bonds is 8. The first-order valence-electron chi connectivity index (χ1n) is 9.45. The third-order valence-corrected chi connectivity index (χ3v) is 5.10. The van der Waals surface area contributed by atoms with Gasteiger partial charge in [-0.15, -0.1) is 0 Å². The number of aryl methyl sites for hydroxylation is 2. The smallest absolute Gasteiger partial charge is 0.362 e. The number of phenols is 1. The van der Waals surface area contributed by atoms with Crippen LogP contribution in [0.3, 0.4) is 0 Å². The predicted molar refractivity (Wildman–Crippen MR) is 117 cm³/mol. The molecule has 0 unspecified atom stereocenters. The van der Waals surface area contributed by atoms with Gasteiger partial charge in [0.1, 0.15) is 11.5 Å². The van der Waals surface area contributed by atoms with Crippen LogP contribution in [0.15, 0.2) is 54.1 Å². The molecular formula is C23H29O5P. The fourth-order valence-corrected chi connectivity index (χ4v) is 3.51. The lowest BCUT2D eigenvalue weighted by atomic mass is 9.94. The Morgan fingerprint density at radius 1 is 1.14 bits per heavy atom. The van der Waals surface area contributed by atoms with E-state index in [0.717, 1.165) is 33.4 Å². The molecule has 0 spiro atoms. The van der Waals surface area contributed by atoms with Crippen LogP contribution in [0, 0.1) is 13.8 Å². The van der Waals surface area contributed by atoms with Crippen LogP contribution in [0.2, 0.25) is 0 Å². The molecule has 3 N–H and O–H groups in total. The molecule has 0 atom stereocenters.